The molecule has 1 spiro atoms. The van der Waals surface area contributed by atoms with Crippen LogP contribution in [0.3, 0.4) is 0 Å². The van der Waals surface area contributed by atoms with Gasteiger partial charge in [0.1, 0.15) is 0 Å². The Bertz CT molecular complexity index is 692. The van der Waals surface area contributed by atoms with Crippen molar-refractivity contribution in [1.82, 2.24) is 14.2 Å². The molecule has 1 aromatic heterocycles. The van der Waals surface area contributed by atoms with E-state index in [0.717, 1.165) is 31.4 Å². The highest BCUT2D eigenvalue weighted by atomic mass is 32.2. The standard InChI is InChI=1S/C17H25N3O3S/c1-2-24(22,23)20-11-3-6-17(8-13-20)7-12-19(16(17)21)14-15-4-9-18-10-5-15/h4-5,9-10H,2-3,6-8,11-14H2,1H3/t17-/m1/s1. The summed E-state index contributed by atoms with van der Waals surface area (Å²) in [5.41, 5.74) is 0.713. The number of amides is 1. The van der Waals surface area contributed by atoms with Crippen LogP contribution in [-0.4, -0.2) is 53.9 Å². The Balaban J connectivity index is 1.70. The van der Waals surface area contributed by atoms with Crippen molar-refractivity contribution < 1.29 is 13.2 Å². The molecule has 0 radical (unpaired) electrons. The maximum Gasteiger partial charge on any atom is 0.229 e. The SMILES string of the molecule is CCS(=O)(=O)N1CCC[C@@]2(CCN(Cc3ccncc3)C2=O)CC1. The first-order valence-electron chi connectivity index (χ1n) is 8.63. The zero-order chi connectivity index (χ0) is 17.2. The summed E-state index contributed by atoms with van der Waals surface area (Å²) in [7, 11) is -3.17. The van der Waals surface area contributed by atoms with Crippen LogP contribution < -0.4 is 0 Å². The molecule has 0 saturated carbocycles. The number of hydrogen-bond acceptors (Lipinski definition) is 4. The van der Waals surface area contributed by atoms with Gasteiger partial charge >= 0.3 is 0 Å². The molecule has 0 N–H and O–H groups in total. The number of hydrogen-bond donors (Lipinski definition) is 0. The van der Waals surface area contributed by atoms with E-state index < -0.39 is 10.0 Å². The van der Waals surface area contributed by atoms with E-state index in [1.807, 2.05) is 17.0 Å². The Kier molecular flexibility index (Phi) is 4.92. The number of nitrogens with zero attached hydrogens (tertiary/aromatic N) is 3. The lowest BCUT2D eigenvalue weighted by Crippen LogP contribution is -2.37. The number of likely N-dealkylation sites (tertiary alicyclic amines) is 1. The van der Waals surface area contributed by atoms with Crippen LogP contribution in [0.2, 0.25) is 0 Å². The third kappa shape index (κ3) is 3.32. The third-order valence-corrected chi connectivity index (χ3v) is 7.27. The Morgan fingerprint density at radius 3 is 2.54 bits per heavy atom. The Hall–Kier alpha value is -1.47. The predicted octanol–water partition coefficient (Wildman–Crippen LogP) is 1.64. The molecule has 6 nitrogen and oxygen atoms in total. The summed E-state index contributed by atoms with van der Waals surface area (Å²) in [6.45, 7) is 4.04. The first-order chi connectivity index (χ1) is 11.5. The van der Waals surface area contributed by atoms with Gasteiger partial charge in [0.15, 0.2) is 0 Å². The van der Waals surface area contributed by atoms with E-state index in [9.17, 15) is 13.2 Å². The predicted molar refractivity (Wildman–Crippen MR) is 91.6 cm³/mol. The van der Waals surface area contributed by atoms with Gasteiger partial charge in [-0.2, -0.15) is 0 Å². The molecule has 1 aromatic rings. The van der Waals surface area contributed by atoms with E-state index in [-0.39, 0.29) is 17.1 Å². The Labute approximate surface area is 143 Å². The van der Waals surface area contributed by atoms with E-state index in [1.165, 1.54) is 0 Å². The fourth-order valence-corrected chi connectivity index (χ4v) is 4.99. The smallest absolute Gasteiger partial charge is 0.229 e. The largest absolute Gasteiger partial charge is 0.338 e. The van der Waals surface area contributed by atoms with Gasteiger partial charge in [-0.1, -0.05) is 0 Å². The van der Waals surface area contributed by atoms with Gasteiger partial charge in [-0.05, 0) is 50.3 Å². The second kappa shape index (κ2) is 6.80. The molecule has 2 fully saturated rings. The molecule has 0 bridgehead atoms. The molecule has 3 heterocycles. The number of carbonyl (C=O) groups is 1. The summed E-state index contributed by atoms with van der Waals surface area (Å²) in [6.07, 6.45) is 6.49. The van der Waals surface area contributed by atoms with Gasteiger partial charge < -0.3 is 4.90 Å². The van der Waals surface area contributed by atoms with Gasteiger partial charge in [0.25, 0.3) is 0 Å². The molecule has 0 unspecified atom stereocenters. The molecule has 24 heavy (non-hydrogen) atoms. The quantitative estimate of drug-likeness (QED) is 0.827. The minimum atomic E-state index is -3.17. The fourth-order valence-electron chi connectivity index (χ4n) is 3.85. The van der Waals surface area contributed by atoms with E-state index >= 15 is 0 Å². The van der Waals surface area contributed by atoms with Gasteiger partial charge in [0, 0.05) is 38.6 Å². The third-order valence-electron chi connectivity index (χ3n) is 5.38. The molecule has 132 valence electrons. The zero-order valence-electron chi connectivity index (χ0n) is 14.1. The van der Waals surface area contributed by atoms with Crippen molar-refractivity contribution in [3.8, 4) is 0 Å². The van der Waals surface area contributed by atoms with Crippen LogP contribution in [0.1, 0.15) is 38.2 Å². The molecule has 1 atom stereocenters. The van der Waals surface area contributed by atoms with Crippen molar-refractivity contribution in [2.24, 2.45) is 5.41 Å². The molecule has 3 rings (SSSR count). The summed E-state index contributed by atoms with van der Waals surface area (Å²) in [5, 5.41) is 0. The van der Waals surface area contributed by atoms with Crippen LogP contribution in [0.25, 0.3) is 0 Å². The van der Waals surface area contributed by atoms with E-state index in [4.69, 9.17) is 0 Å². The lowest BCUT2D eigenvalue weighted by Gasteiger charge is -2.26. The van der Waals surface area contributed by atoms with Crippen molar-refractivity contribution in [3.05, 3.63) is 30.1 Å². The first-order valence-corrected chi connectivity index (χ1v) is 10.2. The molecular formula is C17H25N3O3S. The van der Waals surface area contributed by atoms with Crippen LogP contribution in [0.4, 0.5) is 0 Å². The summed E-state index contributed by atoms with van der Waals surface area (Å²) in [5.74, 6) is 0.317. The second-order valence-corrected chi connectivity index (χ2v) is 9.02. The minimum Gasteiger partial charge on any atom is -0.338 e. The lowest BCUT2D eigenvalue weighted by atomic mass is 9.79. The van der Waals surface area contributed by atoms with Crippen molar-refractivity contribution in [1.29, 1.82) is 0 Å². The highest BCUT2D eigenvalue weighted by molar-refractivity contribution is 7.89. The van der Waals surface area contributed by atoms with Gasteiger partial charge in [0.2, 0.25) is 15.9 Å². The Morgan fingerprint density at radius 1 is 1.12 bits per heavy atom. The van der Waals surface area contributed by atoms with Gasteiger partial charge in [-0.15, -0.1) is 0 Å². The monoisotopic (exact) mass is 351 g/mol. The van der Waals surface area contributed by atoms with Crippen molar-refractivity contribution in [2.75, 3.05) is 25.4 Å². The molecule has 2 aliphatic heterocycles. The molecule has 1 amide bonds. The average Bonchev–Trinajstić information content (AvgIpc) is 2.78. The van der Waals surface area contributed by atoms with Gasteiger partial charge in [-0.25, -0.2) is 12.7 Å². The van der Waals surface area contributed by atoms with Crippen LogP contribution in [0.5, 0.6) is 0 Å². The second-order valence-electron chi connectivity index (χ2n) is 6.77. The van der Waals surface area contributed by atoms with E-state index in [0.29, 0.717) is 26.1 Å². The zero-order valence-corrected chi connectivity index (χ0v) is 15.0. The highest BCUT2D eigenvalue weighted by Gasteiger charge is 2.47. The topological polar surface area (TPSA) is 70.6 Å². The number of rotatable bonds is 4. The van der Waals surface area contributed by atoms with Crippen molar-refractivity contribution in [3.63, 3.8) is 0 Å². The lowest BCUT2D eigenvalue weighted by molar-refractivity contribution is -0.137. The minimum absolute atomic E-state index is 0.127. The summed E-state index contributed by atoms with van der Waals surface area (Å²) < 4.78 is 25.8. The Morgan fingerprint density at radius 2 is 1.83 bits per heavy atom. The normalized spacial score (nSPS) is 26.0. The fraction of sp³-hybridized carbons (Fsp3) is 0.647. The summed E-state index contributed by atoms with van der Waals surface area (Å²) >= 11 is 0. The van der Waals surface area contributed by atoms with Crippen molar-refractivity contribution >= 4 is 15.9 Å². The van der Waals surface area contributed by atoms with Crippen molar-refractivity contribution in [2.45, 2.75) is 39.2 Å². The number of carbonyl (C=O) groups excluding carboxylic acids is 1. The summed E-state index contributed by atoms with van der Waals surface area (Å²) in [4.78, 5) is 18.9. The average molecular weight is 351 g/mol. The maximum absolute atomic E-state index is 13.0. The molecule has 2 saturated heterocycles. The number of sulfonamides is 1. The highest BCUT2D eigenvalue weighted by Crippen LogP contribution is 2.42. The van der Waals surface area contributed by atoms with Crippen LogP contribution in [0.15, 0.2) is 24.5 Å². The summed E-state index contributed by atoms with van der Waals surface area (Å²) in [6, 6.07) is 3.86. The first kappa shape index (κ1) is 17.4. The molecule has 7 heteroatoms. The van der Waals surface area contributed by atoms with Crippen LogP contribution in [-0.2, 0) is 21.4 Å². The molecule has 0 aliphatic carbocycles. The van der Waals surface area contributed by atoms with Gasteiger partial charge in [-0.3, -0.25) is 9.78 Å². The maximum atomic E-state index is 13.0. The number of pyridine rings is 1. The van der Waals surface area contributed by atoms with Crippen LogP contribution in [0, 0.1) is 5.41 Å². The number of aromatic nitrogens is 1. The molecule has 0 aromatic carbocycles. The van der Waals surface area contributed by atoms with E-state index in [1.54, 1.807) is 23.6 Å². The van der Waals surface area contributed by atoms with Crippen LogP contribution >= 0.6 is 0 Å². The van der Waals surface area contributed by atoms with E-state index in [2.05, 4.69) is 4.98 Å². The molecular weight excluding hydrogens is 326 g/mol. The van der Waals surface area contributed by atoms with Gasteiger partial charge in [0.05, 0.1) is 11.2 Å². The molecule has 2 aliphatic rings.